The Balaban J connectivity index is 1.41. The van der Waals surface area contributed by atoms with E-state index in [9.17, 15) is 17.6 Å². The van der Waals surface area contributed by atoms with Gasteiger partial charge in [-0.05, 0) is 37.0 Å². The van der Waals surface area contributed by atoms with Crippen LogP contribution in [0.25, 0.3) is 0 Å². The number of halogens is 1. The van der Waals surface area contributed by atoms with Gasteiger partial charge >= 0.3 is 0 Å². The number of carbonyl (C=O) groups excluding carboxylic acids is 1. The first-order chi connectivity index (χ1) is 13.4. The summed E-state index contributed by atoms with van der Waals surface area (Å²) in [6.07, 6.45) is 7.17. The summed E-state index contributed by atoms with van der Waals surface area (Å²) in [5, 5.41) is 2.94. The third-order valence-corrected chi connectivity index (χ3v) is 6.78. The van der Waals surface area contributed by atoms with E-state index in [1.807, 2.05) is 10.8 Å². The molecule has 9 heteroatoms. The Morgan fingerprint density at radius 1 is 1.21 bits per heavy atom. The molecule has 1 aromatic carbocycles. The zero-order chi connectivity index (χ0) is 20.0. The molecule has 0 atom stereocenters. The molecule has 3 rings (SSSR count). The minimum Gasteiger partial charge on any atom is -0.356 e. The Labute approximate surface area is 164 Å². The monoisotopic (exact) mass is 408 g/mol. The molecule has 1 fully saturated rings. The van der Waals surface area contributed by atoms with Gasteiger partial charge < -0.3 is 9.88 Å². The third kappa shape index (κ3) is 5.62. The molecule has 1 aliphatic heterocycles. The van der Waals surface area contributed by atoms with Gasteiger partial charge in [-0.15, -0.1) is 0 Å². The van der Waals surface area contributed by atoms with E-state index < -0.39 is 15.8 Å². The summed E-state index contributed by atoms with van der Waals surface area (Å²) in [4.78, 5) is 16.3. The number of piperidine rings is 1. The lowest BCUT2D eigenvalue weighted by molar-refractivity contribution is -0.126. The van der Waals surface area contributed by atoms with Crippen LogP contribution < -0.4 is 5.32 Å². The number of aromatic nitrogens is 2. The lowest BCUT2D eigenvalue weighted by atomic mass is 9.97. The first kappa shape index (κ1) is 20.5. The van der Waals surface area contributed by atoms with Gasteiger partial charge in [0.05, 0.1) is 12.1 Å². The molecule has 0 aliphatic carbocycles. The fourth-order valence-electron chi connectivity index (χ4n) is 3.32. The standard InChI is InChI=1S/C19H25FN4O3S/c20-18-4-2-16(3-5-18)14-28(26,27)24-11-6-17(7-12-24)19(25)22-8-1-10-23-13-9-21-15-23/h2-5,9,13,15,17H,1,6-8,10-12,14H2,(H,22,25). The van der Waals surface area contributed by atoms with Gasteiger partial charge in [-0.3, -0.25) is 4.79 Å². The molecule has 1 amide bonds. The zero-order valence-corrected chi connectivity index (χ0v) is 16.4. The predicted molar refractivity (Wildman–Crippen MR) is 103 cm³/mol. The quantitative estimate of drug-likeness (QED) is 0.675. The first-order valence-electron chi connectivity index (χ1n) is 9.40. The van der Waals surface area contributed by atoms with E-state index in [0.717, 1.165) is 13.0 Å². The second kappa shape index (κ2) is 9.29. The Morgan fingerprint density at radius 2 is 1.93 bits per heavy atom. The van der Waals surface area contributed by atoms with Gasteiger partial charge in [0.15, 0.2) is 0 Å². The van der Waals surface area contributed by atoms with Crippen LogP contribution in [-0.2, 0) is 27.1 Å². The highest BCUT2D eigenvalue weighted by atomic mass is 32.2. The highest BCUT2D eigenvalue weighted by Crippen LogP contribution is 2.22. The largest absolute Gasteiger partial charge is 0.356 e. The highest BCUT2D eigenvalue weighted by Gasteiger charge is 2.31. The molecule has 2 heterocycles. The Bertz CT molecular complexity index is 861. The van der Waals surface area contributed by atoms with Crippen LogP contribution in [0.15, 0.2) is 43.0 Å². The van der Waals surface area contributed by atoms with Crippen LogP contribution in [0.3, 0.4) is 0 Å². The van der Waals surface area contributed by atoms with Gasteiger partial charge in [0.25, 0.3) is 0 Å². The van der Waals surface area contributed by atoms with Crippen LogP contribution in [0.5, 0.6) is 0 Å². The van der Waals surface area contributed by atoms with Crippen molar-refractivity contribution in [2.24, 2.45) is 5.92 Å². The van der Waals surface area contributed by atoms with Gasteiger partial charge in [-0.1, -0.05) is 12.1 Å². The maximum Gasteiger partial charge on any atom is 0.223 e. The molecule has 0 spiro atoms. The van der Waals surface area contributed by atoms with Gasteiger partial charge in [-0.2, -0.15) is 0 Å². The van der Waals surface area contributed by atoms with E-state index >= 15 is 0 Å². The zero-order valence-electron chi connectivity index (χ0n) is 15.6. The van der Waals surface area contributed by atoms with Crippen LogP contribution in [0, 0.1) is 11.7 Å². The molecule has 1 aliphatic rings. The van der Waals surface area contributed by atoms with Crippen molar-refractivity contribution in [1.29, 1.82) is 0 Å². The summed E-state index contributed by atoms with van der Waals surface area (Å²) in [6.45, 7) is 2.04. The van der Waals surface area contributed by atoms with E-state index in [1.54, 1.807) is 12.5 Å². The molecule has 0 bridgehead atoms. The number of nitrogens with one attached hydrogen (secondary N) is 1. The predicted octanol–water partition coefficient (Wildman–Crippen LogP) is 1.77. The van der Waals surface area contributed by atoms with Gasteiger partial charge in [-0.25, -0.2) is 22.1 Å². The average molecular weight is 408 g/mol. The number of sulfonamides is 1. The van der Waals surface area contributed by atoms with E-state index in [1.165, 1.54) is 28.6 Å². The van der Waals surface area contributed by atoms with Crippen molar-refractivity contribution in [2.45, 2.75) is 31.6 Å². The number of aryl methyl sites for hydroxylation is 1. The number of hydrogen-bond donors (Lipinski definition) is 1. The summed E-state index contributed by atoms with van der Waals surface area (Å²) in [5.41, 5.74) is 0.555. The molecule has 7 nitrogen and oxygen atoms in total. The summed E-state index contributed by atoms with van der Waals surface area (Å²) in [5.74, 6) is -0.719. The van der Waals surface area contributed by atoms with E-state index in [4.69, 9.17) is 0 Å². The van der Waals surface area contributed by atoms with Crippen molar-refractivity contribution >= 4 is 15.9 Å². The number of benzene rings is 1. The van der Waals surface area contributed by atoms with Crippen molar-refractivity contribution in [3.05, 3.63) is 54.4 Å². The van der Waals surface area contributed by atoms with Gasteiger partial charge in [0.1, 0.15) is 5.82 Å². The van der Waals surface area contributed by atoms with E-state index in [2.05, 4.69) is 10.3 Å². The molecular weight excluding hydrogens is 383 g/mol. The Hall–Kier alpha value is -2.26. The highest BCUT2D eigenvalue weighted by molar-refractivity contribution is 7.88. The Morgan fingerprint density at radius 3 is 2.57 bits per heavy atom. The van der Waals surface area contributed by atoms with Crippen molar-refractivity contribution in [1.82, 2.24) is 19.2 Å². The number of carbonyl (C=O) groups is 1. The fourth-order valence-corrected chi connectivity index (χ4v) is 4.88. The molecule has 1 aromatic heterocycles. The van der Waals surface area contributed by atoms with Crippen molar-refractivity contribution < 1.29 is 17.6 Å². The number of amides is 1. The normalized spacial score (nSPS) is 16.2. The SMILES string of the molecule is O=C(NCCCn1ccnc1)C1CCN(S(=O)(=O)Cc2ccc(F)cc2)CC1. The summed E-state index contributed by atoms with van der Waals surface area (Å²) in [6, 6.07) is 5.48. The van der Waals surface area contributed by atoms with Crippen LogP contribution in [0.2, 0.25) is 0 Å². The minimum absolute atomic E-state index is 0.0128. The van der Waals surface area contributed by atoms with Crippen molar-refractivity contribution in [2.75, 3.05) is 19.6 Å². The smallest absolute Gasteiger partial charge is 0.223 e. The fraction of sp³-hybridized carbons (Fsp3) is 0.474. The van der Waals surface area contributed by atoms with Crippen molar-refractivity contribution in [3.63, 3.8) is 0 Å². The van der Waals surface area contributed by atoms with E-state index in [0.29, 0.717) is 38.0 Å². The summed E-state index contributed by atoms with van der Waals surface area (Å²) in [7, 11) is -3.47. The maximum absolute atomic E-state index is 13.0. The van der Waals surface area contributed by atoms with Crippen LogP contribution in [-0.4, -0.2) is 47.8 Å². The molecule has 0 unspecified atom stereocenters. The number of hydrogen-bond acceptors (Lipinski definition) is 4. The molecule has 28 heavy (non-hydrogen) atoms. The lowest BCUT2D eigenvalue weighted by Gasteiger charge is -2.30. The van der Waals surface area contributed by atoms with Crippen LogP contribution >= 0.6 is 0 Å². The maximum atomic E-state index is 13.0. The first-order valence-corrected chi connectivity index (χ1v) is 11.0. The average Bonchev–Trinajstić information content (AvgIpc) is 3.20. The number of imidazole rings is 1. The second-order valence-electron chi connectivity index (χ2n) is 7.00. The molecule has 1 N–H and O–H groups in total. The van der Waals surface area contributed by atoms with Gasteiger partial charge in [0.2, 0.25) is 15.9 Å². The van der Waals surface area contributed by atoms with Crippen LogP contribution in [0.4, 0.5) is 4.39 Å². The lowest BCUT2D eigenvalue weighted by Crippen LogP contribution is -2.43. The number of rotatable bonds is 8. The molecular formula is C19H25FN4O3S. The van der Waals surface area contributed by atoms with Gasteiger partial charge in [0, 0.05) is 44.5 Å². The van der Waals surface area contributed by atoms with Crippen LogP contribution in [0.1, 0.15) is 24.8 Å². The molecule has 2 aromatic rings. The molecule has 0 radical (unpaired) electrons. The molecule has 0 saturated carbocycles. The summed E-state index contributed by atoms with van der Waals surface area (Å²) < 4.78 is 41.5. The minimum atomic E-state index is -3.47. The summed E-state index contributed by atoms with van der Waals surface area (Å²) >= 11 is 0. The third-order valence-electron chi connectivity index (χ3n) is 4.93. The topological polar surface area (TPSA) is 84.3 Å². The Kier molecular flexibility index (Phi) is 6.79. The molecule has 152 valence electrons. The number of nitrogens with zero attached hydrogens (tertiary/aromatic N) is 3. The van der Waals surface area contributed by atoms with E-state index in [-0.39, 0.29) is 17.6 Å². The second-order valence-corrected chi connectivity index (χ2v) is 8.97. The molecule has 1 saturated heterocycles. The van der Waals surface area contributed by atoms with Crippen molar-refractivity contribution in [3.8, 4) is 0 Å².